The highest BCUT2D eigenvalue weighted by atomic mass is 32.1. The van der Waals surface area contributed by atoms with Gasteiger partial charge in [-0.3, -0.25) is 9.48 Å². The molecule has 8 heteroatoms. The standard InChI is InChI=1S/C23H21N5O2S/c24-23(30)26-18-10-8-16(9-11-18)13-25-22(29)19-15-28(14-17-5-2-1-3-6-17)27-21(19)20-7-4-12-31-20/h1-12,15H,13-14H2,(H,25,29)(H3,24,26,30). The van der Waals surface area contributed by atoms with Crippen molar-refractivity contribution < 1.29 is 9.59 Å². The number of thiophene rings is 1. The molecule has 0 aliphatic carbocycles. The summed E-state index contributed by atoms with van der Waals surface area (Å²) in [4.78, 5) is 24.8. The summed E-state index contributed by atoms with van der Waals surface area (Å²) in [6.07, 6.45) is 1.79. The third-order valence-electron chi connectivity index (χ3n) is 4.62. The number of benzene rings is 2. The SMILES string of the molecule is NC(=O)Nc1ccc(CNC(=O)c2cn(Cc3ccccc3)nc2-c2cccs2)cc1. The minimum absolute atomic E-state index is 0.193. The number of nitrogens with two attached hydrogens (primary N) is 1. The molecule has 0 unspecified atom stereocenters. The molecule has 4 rings (SSSR count). The van der Waals surface area contributed by atoms with E-state index in [0.717, 1.165) is 16.0 Å². The molecular weight excluding hydrogens is 410 g/mol. The van der Waals surface area contributed by atoms with Gasteiger partial charge in [0, 0.05) is 18.4 Å². The van der Waals surface area contributed by atoms with Gasteiger partial charge in [-0.1, -0.05) is 48.5 Å². The summed E-state index contributed by atoms with van der Waals surface area (Å²) in [5.74, 6) is -0.193. The van der Waals surface area contributed by atoms with Gasteiger partial charge in [-0.2, -0.15) is 5.10 Å². The highest BCUT2D eigenvalue weighted by molar-refractivity contribution is 7.13. The Balaban J connectivity index is 1.50. The zero-order valence-corrected chi connectivity index (χ0v) is 17.4. The van der Waals surface area contributed by atoms with Gasteiger partial charge >= 0.3 is 6.03 Å². The van der Waals surface area contributed by atoms with Crippen molar-refractivity contribution in [2.75, 3.05) is 5.32 Å². The maximum atomic E-state index is 13.0. The summed E-state index contributed by atoms with van der Waals surface area (Å²) < 4.78 is 1.80. The first kappa shape index (κ1) is 20.4. The fourth-order valence-electron chi connectivity index (χ4n) is 3.16. The van der Waals surface area contributed by atoms with E-state index in [1.807, 2.05) is 60.0 Å². The second kappa shape index (κ2) is 9.27. The van der Waals surface area contributed by atoms with Gasteiger partial charge in [0.25, 0.3) is 5.91 Å². The van der Waals surface area contributed by atoms with E-state index in [0.29, 0.717) is 30.0 Å². The highest BCUT2D eigenvalue weighted by Gasteiger charge is 2.18. The molecule has 3 amide bonds. The van der Waals surface area contributed by atoms with Crippen molar-refractivity contribution in [3.63, 3.8) is 0 Å². The highest BCUT2D eigenvalue weighted by Crippen LogP contribution is 2.27. The average molecular weight is 432 g/mol. The fraction of sp³-hybridized carbons (Fsp3) is 0.0870. The fourth-order valence-corrected chi connectivity index (χ4v) is 3.88. The largest absolute Gasteiger partial charge is 0.351 e. The van der Waals surface area contributed by atoms with E-state index in [9.17, 15) is 9.59 Å². The lowest BCUT2D eigenvalue weighted by molar-refractivity contribution is 0.0951. The number of nitrogens with zero attached hydrogens (tertiary/aromatic N) is 2. The van der Waals surface area contributed by atoms with E-state index >= 15 is 0 Å². The molecule has 0 fully saturated rings. The Labute approximate surface area is 183 Å². The summed E-state index contributed by atoms with van der Waals surface area (Å²) in [7, 11) is 0. The normalized spacial score (nSPS) is 10.6. The molecule has 4 aromatic rings. The molecule has 156 valence electrons. The van der Waals surface area contributed by atoms with Crippen molar-refractivity contribution in [1.82, 2.24) is 15.1 Å². The summed E-state index contributed by atoms with van der Waals surface area (Å²) in [6, 6.07) is 20.4. The second-order valence-corrected chi connectivity index (χ2v) is 7.87. The van der Waals surface area contributed by atoms with Crippen molar-refractivity contribution >= 4 is 29.0 Å². The van der Waals surface area contributed by atoms with Crippen LogP contribution in [-0.4, -0.2) is 21.7 Å². The zero-order valence-electron chi connectivity index (χ0n) is 16.6. The van der Waals surface area contributed by atoms with Crippen molar-refractivity contribution in [2.24, 2.45) is 5.73 Å². The smallest absolute Gasteiger partial charge is 0.316 e. The van der Waals surface area contributed by atoms with Crippen LogP contribution in [0.1, 0.15) is 21.5 Å². The Morgan fingerprint density at radius 2 is 1.74 bits per heavy atom. The molecule has 0 saturated heterocycles. The van der Waals surface area contributed by atoms with E-state index < -0.39 is 6.03 Å². The predicted molar refractivity (Wildman–Crippen MR) is 122 cm³/mol. The van der Waals surface area contributed by atoms with Crippen molar-refractivity contribution in [2.45, 2.75) is 13.1 Å². The molecule has 4 N–H and O–H groups in total. The number of rotatable bonds is 7. The lowest BCUT2D eigenvalue weighted by Gasteiger charge is -2.07. The molecule has 2 aromatic carbocycles. The summed E-state index contributed by atoms with van der Waals surface area (Å²) in [5, 5.41) is 12.1. The van der Waals surface area contributed by atoms with Crippen LogP contribution in [0, 0.1) is 0 Å². The van der Waals surface area contributed by atoms with Gasteiger partial charge in [0.05, 0.1) is 17.0 Å². The van der Waals surface area contributed by atoms with Gasteiger partial charge in [0.1, 0.15) is 5.69 Å². The molecule has 0 bridgehead atoms. The predicted octanol–water partition coefficient (Wildman–Crippen LogP) is 4.08. The third kappa shape index (κ3) is 5.18. The van der Waals surface area contributed by atoms with Crippen LogP contribution in [0.5, 0.6) is 0 Å². The molecule has 0 atom stereocenters. The molecule has 7 nitrogen and oxygen atoms in total. The molecule has 0 aliphatic rings. The van der Waals surface area contributed by atoms with E-state index in [4.69, 9.17) is 5.73 Å². The first-order valence-corrected chi connectivity index (χ1v) is 10.6. The lowest BCUT2D eigenvalue weighted by atomic mass is 10.1. The average Bonchev–Trinajstić information content (AvgIpc) is 3.43. The Hall–Kier alpha value is -3.91. The van der Waals surface area contributed by atoms with Crippen LogP contribution in [0.4, 0.5) is 10.5 Å². The molecule has 31 heavy (non-hydrogen) atoms. The number of primary amides is 1. The maximum absolute atomic E-state index is 13.0. The third-order valence-corrected chi connectivity index (χ3v) is 5.50. The summed E-state index contributed by atoms with van der Waals surface area (Å²) >= 11 is 1.55. The van der Waals surface area contributed by atoms with Gasteiger partial charge in [0.15, 0.2) is 0 Å². The molecule has 0 spiro atoms. The first-order valence-electron chi connectivity index (χ1n) is 9.67. The summed E-state index contributed by atoms with van der Waals surface area (Å²) in [6.45, 7) is 0.935. The molecule has 2 aromatic heterocycles. The van der Waals surface area contributed by atoms with E-state index in [1.54, 1.807) is 34.3 Å². The van der Waals surface area contributed by atoms with E-state index in [-0.39, 0.29) is 5.91 Å². The quantitative estimate of drug-likeness (QED) is 0.411. The van der Waals surface area contributed by atoms with E-state index in [1.165, 1.54) is 0 Å². The Bertz CT molecular complexity index is 1170. The number of anilines is 1. The van der Waals surface area contributed by atoms with Gasteiger partial charge in [-0.05, 0) is 34.7 Å². The number of aromatic nitrogens is 2. The molecule has 2 heterocycles. The van der Waals surface area contributed by atoms with Crippen molar-refractivity contribution in [1.29, 1.82) is 0 Å². The van der Waals surface area contributed by atoms with Crippen LogP contribution in [0.15, 0.2) is 78.3 Å². The number of hydrogen-bond donors (Lipinski definition) is 3. The minimum Gasteiger partial charge on any atom is -0.351 e. The number of amides is 3. The van der Waals surface area contributed by atoms with Crippen LogP contribution < -0.4 is 16.4 Å². The summed E-state index contributed by atoms with van der Waals surface area (Å²) in [5.41, 5.74) is 8.93. The maximum Gasteiger partial charge on any atom is 0.316 e. The van der Waals surface area contributed by atoms with Crippen molar-refractivity contribution in [3.05, 3.63) is 95.0 Å². The lowest BCUT2D eigenvalue weighted by Crippen LogP contribution is -2.23. The van der Waals surface area contributed by atoms with Gasteiger partial charge in [0.2, 0.25) is 0 Å². The van der Waals surface area contributed by atoms with Crippen LogP contribution in [0.25, 0.3) is 10.6 Å². The number of nitrogens with one attached hydrogen (secondary N) is 2. The van der Waals surface area contributed by atoms with E-state index in [2.05, 4.69) is 15.7 Å². The van der Waals surface area contributed by atoms with Gasteiger partial charge in [-0.25, -0.2) is 4.79 Å². The van der Waals surface area contributed by atoms with Crippen LogP contribution in [0.3, 0.4) is 0 Å². The number of carbonyl (C=O) groups excluding carboxylic acids is 2. The molecule has 0 aliphatic heterocycles. The minimum atomic E-state index is -0.616. The molecular formula is C23H21N5O2S. The first-order chi connectivity index (χ1) is 15.1. The number of hydrogen-bond acceptors (Lipinski definition) is 4. The Morgan fingerprint density at radius 1 is 0.968 bits per heavy atom. The molecule has 0 radical (unpaired) electrons. The topological polar surface area (TPSA) is 102 Å². The van der Waals surface area contributed by atoms with Gasteiger partial charge in [-0.15, -0.1) is 11.3 Å². The number of urea groups is 1. The Kier molecular flexibility index (Phi) is 6.09. The van der Waals surface area contributed by atoms with Crippen LogP contribution >= 0.6 is 11.3 Å². The second-order valence-electron chi connectivity index (χ2n) is 6.92. The Morgan fingerprint density at radius 3 is 2.42 bits per heavy atom. The van der Waals surface area contributed by atoms with Crippen molar-refractivity contribution in [3.8, 4) is 10.6 Å². The van der Waals surface area contributed by atoms with Gasteiger partial charge < -0.3 is 16.4 Å². The zero-order chi connectivity index (χ0) is 21.6. The van der Waals surface area contributed by atoms with Crippen LogP contribution in [0.2, 0.25) is 0 Å². The monoisotopic (exact) mass is 431 g/mol. The number of carbonyl (C=O) groups is 2. The van der Waals surface area contributed by atoms with Crippen LogP contribution in [-0.2, 0) is 13.1 Å². The molecule has 0 saturated carbocycles.